The maximum atomic E-state index is 4.27. The summed E-state index contributed by atoms with van der Waals surface area (Å²) in [5, 5.41) is 7.85. The van der Waals surface area contributed by atoms with Gasteiger partial charge in [-0.05, 0) is 13.3 Å². The molecule has 0 aliphatic carbocycles. The van der Waals surface area contributed by atoms with E-state index in [-0.39, 0.29) is 0 Å². The molecule has 0 atom stereocenters. The summed E-state index contributed by atoms with van der Waals surface area (Å²) >= 11 is 1.76. The van der Waals surface area contributed by atoms with E-state index in [4.69, 9.17) is 0 Å². The lowest BCUT2D eigenvalue weighted by Crippen LogP contribution is -1.84. The number of unbranched alkanes of at least 4 members (excludes halogenated alkanes) is 6. The molecule has 0 aliphatic rings. The summed E-state index contributed by atoms with van der Waals surface area (Å²) in [4.78, 5) is 4.27. The number of hydrogen-bond donors (Lipinski definition) is 1. The predicted molar refractivity (Wildman–Crippen MR) is 69.8 cm³/mol. The third kappa shape index (κ3) is 6.16. The van der Waals surface area contributed by atoms with Gasteiger partial charge in [0.15, 0.2) is 0 Å². The molecule has 3 nitrogen and oxygen atoms in total. The van der Waals surface area contributed by atoms with Crippen molar-refractivity contribution in [3.8, 4) is 0 Å². The molecular formula is C12H23N3S. The van der Waals surface area contributed by atoms with Gasteiger partial charge in [-0.3, -0.25) is 5.10 Å². The molecule has 1 rings (SSSR count). The zero-order valence-electron chi connectivity index (χ0n) is 10.5. The van der Waals surface area contributed by atoms with E-state index in [9.17, 15) is 0 Å². The van der Waals surface area contributed by atoms with Crippen molar-refractivity contribution in [1.29, 1.82) is 0 Å². The van der Waals surface area contributed by atoms with Gasteiger partial charge in [-0.15, -0.1) is 5.10 Å². The maximum absolute atomic E-state index is 4.27. The molecule has 0 spiro atoms. The second-order valence-electron chi connectivity index (χ2n) is 4.17. The predicted octanol–water partition coefficient (Wildman–Crippen LogP) is 3.96. The number of hydrogen-bond acceptors (Lipinski definition) is 3. The number of nitrogens with zero attached hydrogens (tertiary/aromatic N) is 2. The lowest BCUT2D eigenvalue weighted by atomic mass is 10.1. The minimum absolute atomic E-state index is 0.892. The number of rotatable bonds is 9. The number of aromatic nitrogens is 3. The van der Waals surface area contributed by atoms with Gasteiger partial charge in [0.2, 0.25) is 5.16 Å². The number of thioether (sulfide) groups is 1. The van der Waals surface area contributed by atoms with Gasteiger partial charge in [-0.1, -0.05) is 57.2 Å². The summed E-state index contributed by atoms with van der Waals surface area (Å²) < 4.78 is 0. The molecule has 1 N–H and O–H groups in total. The van der Waals surface area contributed by atoms with Crippen molar-refractivity contribution < 1.29 is 0 Å². The fourth-order valence-corrected chi connectivity index (χ4v) is 2.45. The summed E-state index contributed by atoms with van der Waals surface area (Å²) in [7, 11) is 0. The summed E-state index contributed by atoms with van der Waals surface area (Å²) in [6, 6.07) is 0. The molecule has 1 aromatic heterocycles. The molecule has 0 radical (unpaired) electrons. The number of nitrogens with one attached hydrogen (secondary N) is 1. The Morgan fingerprint density at radius 3 is 2.38 bits per heavy atom. The van der Waals surface area contributed by atoms with Gasteiger partial charge in [0, 0.05) is 5.75 Å². The number of H-pyrrole nitrogens is 1. The van der Waals surface area contributed by atoms with Crippen LogP contribution in [0, 0.1) is 6.92 Å². The molecule has 0 amide bonds. The minimum Gasteiger partial charge on any atom is -0.262 e. The van der Waals surface area contributed by atoms with Crippen molar-refractivity contribution in [3.05, 3.63) is 5.82 Å². The van der Waals surface area contributed by atoms with E-state index >= 15 is 0 Å². The normalized spacial score (nSPS) is 10.9. The molecule has 4 heteroatoms. The van der Waals surface area contributed by atoms with Gasteiger partial charge in [0.25, 0.3) is 0 Å². The minimum atomic E-state index is 0.892. The fraction of sp³-hybridized carbons (Fsp3) is 0.833. The Hall–Kier alpha value is -0.510. The van der Waals surface area contributed by atoms with E-state index < -0.39 is 0 Å². The molecule has 0 fully saturated rings. The average molecular weight is 241 g/mol. The van der Waals surface area contributed by atoms with Gasteiger partial charge in [-0.2, -0.15) is 0 Å². The zero-order chi connectivity index (χ0) is 11.6. The molecule has 0 bridgehead atoms. The van der Waals surface area contributed by atoms with E-state index in [1.165, 1.54) is 44.9 Å². The summed E-state index contributed by atoms with van der Waals surface area (Å²) in [5.74, 6) is 2.05. The van der Waals surface area contributed by atoms with E-state index in [1.807, 2.05) is 6.92 Å². The van der Waals surface area contributed by atoms with Crippen LogP contribution in [-0.2, 0) is 0 Å². The largest absolute Gasteiger partial charge is 0.262 e. The van der Waals surface area contributed by atoms with Crippen molar-refractivity contribution in [2.45, 2.75) is 63.9 Å². The van der Waals surface area contributed by atoms with E-state index in [1.54, 1.807) is 11.8 Å². The zero-order valence-corrected chi connectivity index (χ0v) is 11.3. The highest BCUT2D eigenvalue weighted by Gasteiger charge is 1.99. The Balaban J connectivity index is 1.88. The van der Waals surface area contributed by atoms with Crippen molar-refractivity contribution >= 4 is 11.8 Å². The van der Waals surface area contributed by atoms with Crippen LogP contribution >= 0.6 is 11.8 Å². The lowest BCUT2D eigenvalue weighted by molar-refractivity contribution is 0.603. The monoisotopic (exact) mass is 241 g/mol. The lowest BCUT2D eigenvalue weighted by Gasteiger charge is -1.99. The third-order valence-electron chi connectivity index (χ3n) is 2.56. The van der Waals surface area contributed by atoms with Gasteiger partial charge in [0.05, 0.1) is 0 Å². The number of aromatic amines is 1. The molecule has 0 aliphatic heterocycles. The molecule has 0 unspecified atom stereocenters. The van der Waals surface area contributed by atoms with Crippen LogP contribution in [0.15, 0.2) is 5.16 Å². The summed E-state index contributed by atoms with van der Waals surface area (Å²) in [6.45, 7) is 4.19. The molecule has 1 aromatic rings. The van der Waals surface area contributed by atoms with Crippen LogP contribution in [-0.4, -0.2) is 20.9 Å². The highest BCUT2D eigenvalue weighted by atomic mass is 32.2. The van der Waals surface area contributed by atoms with Gasteiger partial charge in [0.1, 0.15) is 5.82 Å². The Morgan fingerprint density at radius 2 is 1.75 bits per heavy atom. The average Bonchev–Trinajstić information content (AvgIpc) is 2.68. The van der Waals surface area contributed by atoms with Gasteiger partial charge >= 0.3 is 0 Å². The third-order valence-corrected chi connectivity index (χ3v) is 3.49. The van der Waals surface area contributed by atoms with Gasteiger partial charge in [-0.25, -0.2) is 4.98 Å². The van der Waals surface area contributed by atoms with Crippen LogP contribution < -0.4 is 0 Å². The first-order valence-electron chi connectivity index (χ1n) is 6.34. The highest BCUT2D eigenvalue weighted by molar-refractivity contribution is 7.99. The molecule has 16 heavy (non-hydrogen) atoms. The van der Waals surface area contributed by atoms with Crippen LogP contribution in [0.5, 0.6) is 0 Å². The van der Waals surface area contributed by atoms with Crippen LogP contribution in [0.2, 0.25) is 0 Å². The highest BCUT2D eigenvalue weighted by Crippen LogP contribution is 2.15. The Morgan fingerprint density at radius 1 is 1.06 bits per heavy atom. The van der Waals surface area contributed by atoms with E-state index in [0.717, 1.165) is 16.7 Å². The van der Waals surface area contributed by atoms with Crippen LogP contribution in [0.1, 0.15) is 57.7 Å². The second kappa shape index (κ2) is 8.62. The first-order valence-corrected chi connectivity index (χ1v) is 7.33. The van der Waals surface area contributed by atoms with Crippen LogP contribution in [0.4, 0.5) is 0 Å². The van der Waals surface area contributed by atoms with Crippen molar-refractivity contribution in [3.63, 3.8) is 0 Å². The Bertz CT molecular complexity index is 273. The smallest absolute Gasteiger partial charge is 0.208 e. The number of aryl methyl sites for hydroxylation is 1. The molecular weight excluding hydrogens is 218 g/mol. The standard InChI is InChI=1S/C12H23N3S/c1-3-4-5-6-7-8-9-10-16-12-13-11(2)14-15-12/h3-10H2,1-2H3,(H,13,14,15). The quantitative estimate of drug-likeness (QED) is 0.525. The molecule has 0 saturated carbocycles. The first kappa shape index (κ1) is 13.6. The molecule has 0 aromatic carbocycles. The topological polar surface area (TPSA) is 41.6 Å². The first-order chi connectivity index (χ1) is 7.83. The van der Waals surface area contributed by atoms with Crippen molar-refractivity contribution in [2.75, 3.05) is 5.75 Å². The fourth-order valence-electron chi connectivity index (χ4n) is 1.61. The molecule has 0 saturated heterocycles. The van der Waals surface area contributed by atoms with E-state index in [2.05, 4.69) is 22.1 Å². The van der Waals surface area contributed by atoms with Gasteiger partial charge < -0.3 is 0 Å². The summed E-state index contributed by atoms with van der Waals surface area (Å²) in [6.07, 6.45) is 9.55. The summed E-state index contributed by atoms with van der Waals surface area (Å²) in [5.41, 5.74) is 0. The van der Waals surface area contributed by atoms with E-state index in [0.29, 0.717) is 0 Å². The molecule has 92 valence electrons. The van der Waals surface area contributed by atoms with Crippen molar-refractivity contribution in [1.82, 2.24) is 15.2 Å². The second-order valence-corrected chi connectivity index (χ2v) is 5.24. The maximum Gasteiger partial charge on any atom is 0.208 e. The SMILES string of the molecule is CCCCCCCCCSc1n[nH]c(C)n1. The Kier molecular flexibility index (Phi) is 7.30. The van der Waals surface area contributed by atoms with Crippen LogP contribution in [0.25, 0.3) is 0 Å². The van der Waals surface area contributed by atoms with Crippen LogP contribution in [0.3, 0.4) is 0 Å². The molecule has 1 heterocycles. The Labute approximate surface area is 103 Å². The van der Waals surface area contributed by atoms with Crippen molar-refractivity contribution in [2.24, 2.45) is 0 Å².